The van der Waals surface area contributed by atoms with Gasteiger partial charge < -0.3 is 15.4 Å². The van der Waals surface area contributed by atoms with E-state index in [0.717, 1.165) is 47.2 Å². The maximum absolute atomic E-state index is 12.5. The molecule has 29 heavy (non-hydrogen) atoms. The lowest BCUT2D eigenvalue weighted by molar-refractivity contribution is -0.137. The Labute approximate surface area is 168 Å². The minimum atomic E-state index is -0.819. The van der Waals surface area contributed by atoms with Crippen LogP contribution in [0.2, 0.25) is 0 Å². The van der Waals surface area contributed by atoms with Crippen molar-refractivity contribution < 1.29 is 14.7 Å². The molecule has 6 nitrogen and oxygen atoms in total. The summed E-state index contributed by atoms with van der Waals surface area (Å²) >= 11 is 0. The van der Waals surface area contributed by atoms with Gasteiger partial charge in [-0.2, -0.15) is 0 Å². The van der Waals surface area contributed by atoms with Crippen molar-refractivity contribution in [2.24, 2.45) is 0 Å². The van der Waals surface area contributed by atoms with E-state index in [1.165, 1.54) is 0 Å². The number of aromatic amines is 1. The van der Waals surface area contributed by atoms with E-state index in [2.05, 4.69) is 10.3 Å². The Morgan fingerprint density at radius 1 is 1.07 bits per heavy atom. The van der Waals surface area contributed by atoms with Crippen molar-refractivity contribution in [2.75, 3.05) is 0 Å². The van der Waals surface area contributed by atoms with Crippen molar-refractivity contribution in [1.82, 2.24) is 10.3 Å². The van der Waals surface area contributed by atoms with E-state index < -0.39 is 5.97 Å². The van der Waals surface area contributed by atoms with Gasteiger partial charge in [-0.15, -0.1) is 0 Å². The molecule has 1 atom stereocenters. The number of nitrogens with one attached hydrogen (secondary N) is 2. The number of carbonyl (C=O) groups excluding carboxylic acids is 1. The Balaban J connectivity index is 1.66. The highest BCUT2D eigenvalue weighted by molar-refractivity contribution is 5.82. The monoisotopic (exact) mass is 392 g/mol. The summed E-state index contributed by atoms with van der Waals surface area (Å²) < 4.78 is 0. The summed E-state index contributed by atoms with van der Waals surface area (Å²) in [5.74, 6) is -0.407. The second-order valence-electron chi connectivity index (χ2n) is 7.81. The summed E-state index contributed by atoms with van der Waals surface area (Å²) in [6.07, 6.45) is 5.92. The molecule has 1 aliphatic carbocycles. The summed E-state index contributed by atoms with van der Waals surface area (Å²) in [5.41, 5.74) is 4.23. The molecule has 1 saturated carbocycles. The number of carbonyl (C=O) groups is 2. The molecule has 2 aromatic rings. The predicted octanol–water partition coefficient (Wildman–Crippen LogP) is 2.98. The molecular formula is C23H24N2O4. The van der Waals surface area contributed by atoms with Crippen LogP contribution in [0, 0.1) is 0 Å². The Kier molecular flexibility index (Phi) is 5.34. The zero-order chi connectivity index (χ0) is 20.4. The predicted molar refractivity (Wildman–Crippen MR) is 110 cm³/mol. The molecule has 2 fully saturated rings. The highest BCUT2D eigenvalue weighted by atomic mass is 16.4. The average Bonchev–Trinajstić information content (AvgIpc) is 3.46. The highest BCUT2D eigenvalue weighted by Crippen LogP contribution is 2.38. The smallest absolute Gasteiger partial charge is 0.303 e. The largest absolute Gasteiger partial charge is 0.481 e. The van der Waals surface area contributed by atoms with E-state index in [4.69, 9.17) is 5.11 Å². The fourth-order valence-electron chi connectivity index (χ4n) is 3.77. The number of aromatic nitrogens is 1. The maximum atomic E-state index is 12.5. The Morgan fingerprint density at radius 3 is 2.41 bits per heavy atom. The normalized spacial score (nSPS) is 19.2. The second kappa shape index (κ2) is 8.07. The minimum absolute atomic E-state index is 0.0344. The number of pyridine rings is 1. The first-order chi connectivity index (χ1) is 14.0. The van der Waals surface area contributed by atoms with Gasteiger partial charge in [0.1, 0.15) is 0 Å². The first kappa shape index (κ1) is 19.2. The van der Waals surface area contributed by atoms with Gasteiger partial charge in [0.05, 0.1) is 0 Å². The summed E-state index contributed by atoms with van der Waals surface area (Å²) in [5, 5.41) is 11.8. The number of carboxylic acids is 1. The zero-order valence-corrected chi connectivity index (χ0v) is 16.1. The first-order valence-electron chi connectivity index (χ1n) is 10.1. The summed E-state index contributed by atoms with van der Waals surface area (Å²) in [4.78, 5) is 38.0. The molecule has 2 aliphatic rings. The van der Waals surface area contributed by atoms with Crippen LogP contribution in [0.1, 0.15) is 60.4 Å². The van der Waals surface area contributed by atoms with E-state index in [9.17, 15) is 14.4 Å². The number of amides is 1. The van der Waals surface area contributed by atoms with Crippen LogP contribution in [0.25, 0.3) is 5.57 Å². The number of rotatable bonds is 7. The van der Waals surface area contributed by atoms with Crippen LogP contribution in [-0.2, 0) is 16.0 Å². The molecular weight excluding hydrogens is 368 g/mol. The lowest BCUT2D eigenvalue weighted by atomic mass is 9.96. The van der Waals surface area contributed by atoms with Crippen molar-refractivity contribution in [3.05, 3.63) is 75.2 Å². The summed E-state index contributed by atoms with van der Waals surface area (Å²) in [6, 6.07) is 11.5. The topological polar surface area (TPSA) is 99.3 Å². The number of H-pyrrole nitrogens is 1. The number of aryl methyl sites for hydroxylation is 1. The Morgan fingerprint density at radius 2 is 1.83 bits per heavy atom. The van der Waals surface area contributed by atoms with E-state index >= 15 is 0 Å². The van der Waals surface area contributed by atoms with Crippen LogP contribution < -0.4 is 10.9 Å². The van der Waals surface area contributed by atoms with Gasteiger partial charge >= 0.3 is 5.97 Å². The SMILES string of the molecule is O=C(O)CCc1ccc(/C(=C\[C@H]2CCC(=O)N2)c2ccc(C3CC3)c(=O)[nH]2)cc1. The van der Waals surface area contributed by atoms with Gasteiger partial charge in [0.15, 0.2) is 0 Å². The molecule has 1 aromatic heterocycles. The summed E-state index contributed by atoms with van der Waals surface area (Å²) in [7, 11) is 0. The van der Waals surface area contributed by atoms with Gasteiger partial charge in [-0.25, -0.2) is 0 Å². The molecule has 1 saturated heterocycles. The lowest BCUT2D eigenvalue weighted by Gasteiger charge is -2.13. The van der Waals surface area contributed by atoms with Gasteiger partial charge in [0.2, 0.25) is 5.91 Å². The molecule has 1 aliphatic heterocycles. The second-order valence-corrected chi connectivity index (χ2v) is 7.81. The first-order valence-corrected chi connectivity index (χ1v) is 10.1. The molecule has 1 aromatic carbocycles. The molecule has 1 amide bonds. The van der Waals surface area contributed by atoms with E-state index in [0.29, 0.717) is 18.8 Å². The van der Waals surface area contributed by atoms with Crippen LogP contribution in [0.15, 0.2) is 47.3 Å². The highest BCUT2D eigenvalue weighted by Gasteiger charge is 2.26. The molecule has 3 N–H and O–H groups in total. The number of hydrogen-bond acceptors (Lipinski definition) is 3. The molecule has 0 radical (unpaired) electrons. The van der Waals surface area contributed by atoms with Crippen LogP contribution in [-0.4, -0.2) is 28.0 Å². The van der Waals surface area contributed by atoms with Crippen molar-refractivity contribution in [2.45, 2.75) is 50.5 Å². The third-order valence-electron chi connectivity index (χ3n) is 5.54. The molecule has 0 bridgehead atoms. The number of benzene rings is 1. The lowest BCUT2D eigenvalue weighted by Crippen LogP contribution is -2.23. The van der Waals surface area contributed by atoms with Gasteiger partial charge in [-0.05, 0) is 48.8 Å². The Hall–Kier alpha value is -3.15. The van der Waals surface area contributed by atoms with Crippen LogP contribution in [0.4, 0.5) is 0 Å². The van der Waals surface area contributed by atoms with Crippen molar-refractivity contribution in [3.8, 4) is 0 Å². The molecule has 0 unspecified atom stereocenters. The fourth-order valence-corrected chi connectivity index (χ4v) is 3.77. The van der Waals surface area contributed by atoms with Crippen LogP contribution in [0.5, 0.6) is 0 Å². The standard InChI is InChI=1S/C23H24N2O4/c26-21-11-8-17(24-21)13-19(16-4-1-14(2-5-16)3-12-22(27)28)20-10-9-18(15-6-7-15)23(29)25-20/h1-2,4-5,9-10,13,15,17H,3,6-8,11-12H2,(H,24,26)(H,25,29)(H,27,28)/b19-13+/t17-/m1/s1. The van der Waals surface area contributed by atoms with Gasteiger partial charge in [-0.1, -0.05) is 36.4 Å². The van der Waals surface area contributed by atoms with E-state index in [1.54, 1.807) is 0 Å². The van der Waals surface area contributed by atoms with Crippen molar-refractivity contribution >= 4 is 17.4 Å². The molecule has 150 valence electrons. The van der Waals surface area contributed by atoms with Gasteiger partial charge in [0.25, 0.3) is 5.56 Å². The Bertz CT molecular complexity index is 1020. The van der Waals surface area contributed by atoms with Gasteiger partial charge in [0, 0.05) is 35.7 Å². The van der Waals surface area contributed by atoms with Crippen LogP contribution >= 0.6 is 0 Å². The number of hydrogen-bond donors (Lipinski definition) is 3. The summed E-state index contributed by atoms with van der Waals surface area (Å²) in [6.45, 7) is 0. The van der Waals surface area contributed by atoms with E-state index in [-0.39, 0.29) is 23.9 Å². The maximum Gasteiger partial charge on any atom is 0.303 e. The van der Waals surface area contributed by atoms with Crippen molar-refractivity contribution in [3.63, 3.8) is 0 Å². The molecule has 4 rings (SSSR count). The van der Waals surface area contributed by atoms with Crippen LogP contribution in [0.3, 0.4) is 0 Å². The number of aliphatic carboxylic acids is 1. The minimum Gasteiger partial charge on any atom is -0.481 e. The fraction of sp³-hybridized carbons (Fsp3) is 0.348. The van der Waals surface area contributed by atoms with Gasteiger partial charge in [-0.3, -0.25) is 14.4 Å². The van der Waals surface area contributed by atoms with Crippen molar-refractivity contribution in [1.29, 1.82) is 0 Å². The zero-order valence-electron chi connectivity index (χ0n) is 16.1. The average molecular weight is 392 g/mol. The quantitative estimate of drug-likeness (QED) is 0.674. The third kappa shape index (κ3) is 4.65. The van der Waals surface area contributed by atoms with E-state index in [1.807, 2.05) is 42.5 Å². The third-order valence-corrected chi connectivity index (χ3v) is 5.54. The molecule has 2 heterocycles. The molecule has 6 heteroatoms. The molecule has 0 spiro atoms. The number of carboxylic acid groups (broad SMARTS) is 1.